The molecule has 0 unspecified atom stereocenters. The van der Waals surface area contributed by atoms with E-state index in [1.807, 2.05) is 13.0 Å². The van der Waals surface area contributed by atoms with E-state index in [2.05, 4.69) is 0 Å². The van der Waals surface area contributed by atoms with Crippen molar-refractivity contribution >= 4 is 10.0 Å². The first-order chi connectivity index (χ1) is 8.14. The molecular formula is C13H19NO2S. The molecule has 1 saturated carbocycles. The highest BCUT2D eigenvalue weighted by atomic mass is 32.2. The van der Waals surface area contributed by atoms with Crippen molar-refractivity contribution in [3.8, 4) is 0 Å². The molecule has 0 bridgehead atoms. The first-order valence-electron chi connectivity index (χ1n) is 6.20. The van der Waals surface area contributed by atoms with Gasteiger partial charge in [0.2, 0.25) is 10.0 Å². The van der Waals surface area contributed by atoms with Crippen LogP contribution in [0.3, 0.4) is 0 Å². The second-order valence-electron chi connectivity index (χ2n) is 4.62. The molecule has 0 saturated heterocycles. The quantitative estimate of drug-likeness (QED) is 0.781. The van der Waals surface area contributed by atoms with Crippen LogP contribution in [0.4, 0.5) is 0 Å². The zero-order chi connectivity index (χ0) is 12.3. The van der Waals surface area contributed by atoms with Crippen molar-refractivity contribution in [1.29, 1.82) is 0 Å². The number of sulfonamides is 1. The topological polar surface area (TPSA) is 37.4 Å². The number of benzene rings is 1. The largest absolute Gasteiger partial charge is 0.243 e. The summed E-state index contributed by atoms with van der Waals surface area (Å²) >= 11 is 0. The molecule has 0 aliphatic heterocycles. The lowest BCUT2D eigenvalue weighted by Gasteiger charge is -2.21. The van der Waals surface area contributed by atoms with Crippen LogP contribution in [0.1, 0.15) is 26.2 Å². The van der Waals surface area contributed by atoms with E-state index in [1.54, 1.807) is 28.6 Å². The van der Waals surface area contributed by atoms with Crippen LogP contribution < -0.4 is 0 Å². The molecular weight excluding hydrogens is 234 g/mol. The van der Waals surface area contributed by atoms with E-state index in [1.165, 1.54) is 12.8 Å². The minimum atomic E-state index is -3.28. The van der Waals surface area contributed by atoms with Crippen molar-refractivity contribution in [2.45, 2.75) is 31.1 Å². The molecule has 0 radical (unpaired) electrons. The fourth-order valence-electron chi connectivity index (χ4n) is 1.89. The zero-order valence-corrected chi connectivity index (χ0v) is 11.0. The highest BCUT2D eigenvalue weighted by Gasteiger charge is 2.30. The van der Waals surface area contributed by atoms with Gasteiger partial charge in [-0.3, -0.25) is 0 Å². The molecule has 1 aromatic carbocycles. The fourth-order valence-corrected chi connectivity index (χ4v) is 3.52. The van der Waals surface area contributed by atoms with Gasteiger partial charge in [-0.05, 0) is 37.3 Å². The third-order valence-electron chi connectivity index (χ3n) is 3.01. The van der Waals surface area contributed by atoms with Gasteiger partial charge in [0.05, 0.1) is 4.90 Å². The van der Waals surface area contributed by atoms with E-state index in [-0.39, 0.29) is 0 Å². The van der Waals surface area contributed by atoms with Gasteiger partial charge < -0.3 is 0 Å². The van der Waals surface area contributed by atoms with Crippen LogP contribution in [0.25, 0.3) is 0 Å². The molecule has 4 heteroatoms. The molecule has 17 heavy (non-hydrogen) atoms. The Labute approximate surface area is 104 Å². The molecule has 1 fully saturated rings. The smallest absolute Gasteiger partial charge is 0.207 e. The SMILES string of the molecule is CCCN(CC1CC1)S(=O)(=O)c1ccccc1. The first-order valence-corrected chi connectivity index (χ1v) is 7.64. The summed E-state index contributed by atoms with van der Waals surface area (Å²) in [5, 5.41) is 0. The van der Waals surface area contributed by atoms with E-state index in [0.29, 0.717) is 23.9 Å². The molecule has 0 amide bonds. The Bertz CT molecular complexity index is 452. The molecule has 0 aromatic heterocycles. The summed E-state index contributed by atoms with van der Waals surface area (Å²) < 4.78 is 26.5. The van der Waals surface area contributed by atoms with Gasteiger partial charge in [0.25, 0.3) is 0 Å². The molecule has 0 N–H and O–H groups in total. The minimum Gasteiger partial charge on any atom is -0.207 e. The maximum absolute atomic E-state index is 12.4. The predicted octanol–water partition coefficient (Wildman–Crippen LogP) is 2.50. The lowest BCUT2D eigenvalue weighted by atomic mass is 10.4. The average Bonchev–Trinajstić information content (AvgIpc) is 3.14. The number of nitrogens with zero attached hydrogens (tertiary/aromatic N) is 1. The Hall–Kier alpha value is -0.870. The van der Waals surface area contributed by atoms with Gasteiger partial charge >= 0.3 is 0 Å². The molecule has 0 atom stereocenters. The summed E-state index contributed by atoms with van der Waals surface area (Å²) in [7, 11) is -3.28. The van der Waals surface area contributed by atoms with Gasteiger partial charge in [0.15, 0.2) is 0 Å². The van der Waals surface area contributed by atoms with Crippen molar-refractivity contribution < 1.29 is 8.42 Å². The van der Waals surface area contributed by atoms with Gasteiger partial charge in [-0.15, -0.1) is 0 Å². The van der Waals surface area contributed by atoms with Crippen molar-refractivity contribution in [3.63, 3.8) is 0 Å². The van der Waals surface area contributed by atoms with Crippen molar-refractivity contribution in [2.24, 2.45) is 5.92 Å². The molecule has 0 heterocycles. The maximum Gasteiger partial charge on any atom is 0.243 e. The van der Waals surface area contributed by atoms with Gasteiger partial charge in [-0.2, -0.15) is 4.31 Å². The van der Waals surface area contributed by atoms with Crippen LogP contribution in [0.2, 0.25) is 0 Å². The molecule has 1 aliphatic rings. The molecule has 94 valence electrons. The lowest BCUT2D eigenvalue weighted by molar-refractivity contribution is 0.395. The fraction of sp³-hybridized carbons (Fsp3) is 0.538. The Kier molecular flexibility index (Phi) is 3.84. The van der Waals surface area contributed by atoms with E-state index in [4.69, 9.17) is 0 Å². The van der Waals surface area contributed by atoms with Gasteiger partial charge in [0, 0.05) is 13.1 Å². The van der Waals surface area contributed by atoms with Gasteiger partial charge in [-0.1, -0.05) is 25.1 Å². The van der Waals surface area contributed by atoms with Gasteiger partial charge in [-0.25, -0.2) is 8.42 Å². The molecule has 1 aromatic rings. The number of rotatable bonds is 6. The highest BCUT2D eigenvalue weighted by molar-refractivity contribution is 7.89. The number of hydrogen-bond acceptors (Lipinski definition) is 2. The van der Waals surface area contributed by atoms with Crippen LogP contribution in [-0.2, 0) is 10.0 Å². The average molecular weight is 253 g/mol. The Morgan fingerprint density at radius 1 is 1.24 bits per heavy atom. The van der Waals surface area contributed by atoms with Crippen LogP contribution in [0.15, 0.2) is 35.2 Å². The van der Waals surface area contributed by atoms with Crippen LogP contribution >= 0.6 is 0 Å². The number of hydrogen-bond donors (Lipinski definition) is 0. The second kappa shape index (κ2) is 5.19. The third kappa shape index (κ3) is 3.07. The van der Waals surface area contributed by atoms with Crippen LogP contribution in [-0.4, -0.2) is 25.8 Å². The third-order valence-corrected chi connectivity index (χ3v) is 4.89. The minimum absolute atomic E-state index is 0.411. The summed E-state index contributed by atoms with van der Waals surface area (Å²) in [5.74, 6) is 0.583. The first kappa shape index (κ1) is 12.6. The molecule has 3 nitrogen and oxygen atoms in total. The summed E-state index contributed by atoms with van der Waals surface area (Å²) in [4.78, 5) is 0.411. The Balaban J connectivity index is 2.20. The summed E-state index contributed by atoms with van der Waals surface area (Å²) in [6, 6.07) is 8.72. The second-order valence-corrected chi connectivity index (χ2v) is 6.56. The van der Waals surface area contributed by atoms with Crippen LogP contribution in [0, 0.1) is 5.92 Å². The predicted molar refractivity (Wildman–Crippen MR) is 68.2 cm³/mol. The van der Waals surface area contributed by atoms with Crippen LogP contribution in [0.5, 0.6) is 0 Å². The van der Waals surface area contributed by atoms with E-state index in [0.717, 1.165) is 6.42 Å². The Morgan fingerprint density at radius 2 is 1.88 bits per heavy atom. The van der Waals surface area contributed by atoms with E-state index >= 15 is 0 Å². The standard InChI is InChI=1S/C13H19NO2S/c1-2-10-14(11-12-8-9-12)17(15,16)13-6-4-3-5-7-13/h3-7,12H,2,8-11H2,1H3. The van der Waals surface area contributed by atoms with Gasteiger partial charge in [0.1, 0.15) is 0 Å². The summed E-state index contributed by atoms with van der Waals surface area (Å²) in [6.07, 6.45) is 3.20. The van der Waals surface area contributed by atoms with E-state index < -0.39 is 10.0 Å². The van der Waals surface area contributed by atoms with Crippen molar-refractivity contribution in [1.82, 2.24) is 4.31 Å². The van der Waals surface area contributed by atoms with Crippen molar-refractivity contribution in [2.75, 3.05) is 13.1 Å². The van der Waals surface area contributed by atoms with Crippen molar-refractivity contribution in [3.05, 3.63) is 30.3 Å². The van der Waals surface area contributed by atoms with E-state index in [9.17, 15) is 8.42 Å². The Morgan fingerprint density at radius 3 is 2.41 bits per heavy atom. The maximum atomic E-state index is 12.4. The normalized spacial score (nSPS) is 16.4. The molecule has 2 rings (SSSR count). The summed E-state index contributed by atoms with van der Waals surface area (Å²) in [6.45, 7) is 3.32. The highest BCUT2D eigenvalue weighted by Crippen LogP contribution is 2.31. The zero-order valence-electron chi connectivity index (χ0n) is 10.2. The lowest BCUT2D eigenvalue weighted by Crippen LogP contribution is -2.33. The molecule has 1 aliphatic carbocycles. The summed E-state index contributed by atoms with van der Waals surface area (Å²) in [5.41, 5.74) is 0. The monoisotopic (exact) mass is 253 g/mol. The molecule has 0 spiro atoms.